The van der Waals surface area contributed by atoms with Gasteiger partial charge in [-0.2, -0.15) is 0 Å². The Hall–Kier alpha value is -2.67. The molecule has 0 saturated carbocycles. The van der Waals surface area contributed by atoms with Gasteiger partial charge < -0.3 is 19.8 Å². The van der Waals surface area contributed by atoms with Crippen LogP contribution in [0.3, 0.4) is 0 Å². The fourth-order valence-electron chi connectivity index (χ4n) is 3.68. The number of pyridine rings is 2. The van der Waals surface area contributed by atoms with E-state index in [1.165, 1.54) is 0 Å². The maximum Gasteiger partial charge on any atom is 0.307 e. The van der Waals surface area contributed by atoms with Gasteiger partial charge in [-0.15, -0.1) is 0 Å². The van der Waals surface area contributed by atoms with Crippen LogP contribution < -0.4 is 9.64 Å². The van der Waals surface area contributed by atoms with Crippen LogP contribution in [-0.2, 0) is 11.2 Å². The summed E-state index contributed by atoms with van der Waals surface area (Å²) in [6, 6.07) is 3.81. The molecule has 7 nitrogen and oxygen atoms in total. The maximum atomic E-state index is 11.5. The molecule has 1 fully saturated rings. The van der Waals surface area contributed by atoms with Gasteiger partial charge in [0.05, 0.1) is 24.3 Å². The van der Waals surface area contributed by atoms with E-state index in [1.807, 2.05) is 32.2 Å². The Morgan fingerprint density at radius 2 is 1.76 bits per heavy atom. The minimum Gasteiger partial charge on any atom is -0.481 e. The van der Waals surface area contributed by atoms with Crippen LogP contribution >= 0.6 is 0 Å². The molecule has 2 aromatic rings. The Bertz CT molecular complexity index is 918. The Morgan fingerprint density at radius 3 is 2.24 bits per heavy atom. The molecule has 0 amide bonds. The topological polar surface area (TPSA) is 95.8 Å². The largest absolute Gasteiger partial charge is 0.481 e. The molecule has 0 radical (unpaired) electrons. The monoisotopic (exact) mass is 457 g/mol. The smallest absolute Gasteiger partial charge is 0.307 e. The van der Waals surface area contributed by atoms with E-state index in [2.05, 4.69) is 28.7 Å². The summed E-state index contributed by atoms with van der Waals surface area (Å²) in [5.41, 5.74) is 4.20. The van der Waals surface area contributed by atoms with Crippen LogP contribution in [0.5, 0.6) is 5.88 Å². The Balaban J connectivity index is 0.000000696. The van der Waals surface area contributed by atoms with Crippen LogP contribution in [-0.4, -0.2) is 51.4 Å². The first-order valence-corrected chi connectivity index (χ1v) is 11.6. The molecule has 0 aromatic carbocycles. The van der Waals surface area contributed by atoms with Gasteiger partial charge in [0, 0.05) is 53.9 Å². The van der Waals surface area contributed by atoms with Gasteiger partial charge >= 0.3 is 5.97 Å². The van der Waals surface area contributed by atoms with Crippen LogP contribution in [0.25, 0.3) is 11.1 Å². The molecular formula is C26H39N3O4. The van der Waals surface area contributed by atoms with Gasteiger partial charge in [-0.05, 0) is 58.9 Å². The quantitative estimate of drug-likeness (QED) is 0.638. The number of hydrogen-bond acceptors (Lipinski definition) is 6. The number of aryl methyl sites for hydroxylation is 1. The van der Waals surface area contributed by atoms with E-state index in [1.54, 1.807) is 27.0 Å². The lowest BCUT2D eigenvalue weighted by molar-refractivity contribution is -0.136. The predicted octanol–water partition coefficient (Wildman–Crippen LogP) is 4.88. The van der Waals surface area contributed by atoms with E-state index in [0.717, 1.165) is 54.0 Å². The number of aromatic nitrogens is 2. The molecule has 0 aliphatic carbocycles. The zero-order valence-corrected chi connectivity index (χ0v) is 21.1. The molecule has 33 heavy (non-hydrogen) atoms. The lowest BCUT2D eigenvalue weighted by Crippen LogP contribution is -2.38. The second-order valence-electron chi connectivity index (χ2n) is 10.3. The summed E-state index contributed by atoms with van der Waals surface area (Å²) in [4.78, 5) is 22.8. The molecular weight excluding hydrogens is 418 g/mol. The van der Waals surface area contributed by atoms with Crippen molar-refractivity contribution in [1.29, 1.82) is 0 Å². The first-order chi connectivity index (χ1) is 15.3. The van der Waals surface area contributed by atoms with Crippen LogP contribution in [0.4, 0.5) is 5.69 Å². The molecule has 2 aromatic heterocycles. The number of aliphatic carboxylic acids is 1. The molecule has 2 N–H and O–H groups in total. The number of aliphatic hydroxyl groups is 1. The van der Waals surface area contributed by atoms with Crippen LogP contribution in [0.1, 0.15) is 65.6 Å². The van der Waals surface area contributed by atoms with Gasteiger partial charge in [0.25, 0.3) is 0 Å². The summed E-state index contributed by atoms with van der Waals surface area (Å²) in [5.74, 6) is -0.260. The number of carboxylic acids is 1. The molecule has 0 atom stereocenters. The molecule has 0 spiro atoms. The Morgan fingerprint density at radius 1 is 1.15 bits per heavy atom. The van der Waals surface area contributed by atoms with Crippen molar-refractivity contribution in [3.63, 3.8) is 0 Å². The van der Waals surface area contributed by atoms with Crippen LogP contribution in [0.15, 0.2) is 24.5 Å². The van der Waals surface area contributed by atoms with E-state index in [-0.39, 0.29) is 6.42 Å². The lowest BCUT2D eigenvalue weighted by Gasteiger charge is -2.40. The minimum atomic E-state index is -0.842. The number of piperidine rings is 1. The first-order valence-electron chi connectivity index (χ1n) is 11.6. The van der Waals surface area contributed by atoms with Crippen LogP contribution in [0, 0.1) is 12.3 Å². The summed E-state index contributed by atoms with van der Waals surface area (Å²) in [6.45, 7) is 16.0. The van der Waals surface area contributed by atoms with Crippen molar-refractivity contribution >= 4 is 11.7 Å². The second kappa shape index (κ2) is 11.0. The molecule has 182 valence electrons. The van der Waals surface area contributed by atoms with Crippen molar-refractivity contribution in [2.45, 2.75) is 73.3 Å². The minimum absolute atomic E-state index is 0.0354. The van der Waals surface area contributed by atoms with Gasteiger partial charge in [-0.3, -0.25) is 9.78 Å². The van der Waals surface area contributed by atoms with Gasteiger partial charge in [0.1, 0.15) is 0 Å². The third-order valence-corrected chi connectivity index (χ3v) is 5.47. The first kappa shape index (κ1) is 26.6. The van der Waals surface area contributed by atoms with Crippen molar-refractivity contribution in [1.82, 2.24) is 9.97 Å². The van der Waals surface area contributed by atoms with E-state index in [9.17, 15) is 9.90 Å². The lowest BCUT2D eigenvalue weighted by atomic mass is 9.82. The van der Waals surface area contributed by atoms with Crippen molar-refractivity contribution in [2.24, 2.45) is 5.41 Å². The van der Waals surface area contributed by atoms with Gasteiger partial charge in [0.2, 0.25) is 5.88 Å². The van der Waals surface area contributed by atoms with E-state index < -0.39 is 11.6 Å². The highest BCUT2D eigenvalue weighted by atomic mass is 16.5. The normalized spacial score (nSPS) is 15.5. The summed E-state index contributed by atoms with van der Waals surface area (Å²) >= 11 is 0. The highest BCUT2D eigenvalue weighted by Crippen LogP contribution is 2.39. The molecule has 1 aliphatic rings. The average Bonchev–Trinajstić information content (AvgIpc) is 2.69. The highest BCUT2D eigenvalue weighted by molar-refractivity contribution is 5.84. The highest BCUT2D eigenvalue weighted by Gasteiger charge is 2.29. The number of anilines is 1. The summed E-state index contributed by atoms with van der Waals surface area (Å²) < 4.78 is 5.45. The van der Waals surface area contributed by atoms with Crippen molar-refractivity contribution in [2.75, 3.05) is 24.6 Å². The molecule has 0 unspecified atom stereocenters. The third kappa shape index (κ3) is 8.31. The fraction of sp³-hybridized carbons (Fsp3) is 0.577. The average molecular weight is 458 g/mol. The summed E-state index contributed by atoms with van der Waals surface area (Å²) in [7, 11) is 0. The zero-order valence-electron chi connectivity index (χ0n) is 21.1. The number of carboxylic acid groups (broad SMARTS) is 1. The molecule has 3 rings (SSSR count). The SMILES string of the molecule is CC(C)(C)O.CCOc1ccc(-c2cnc(C)c(CC(=O)O)c2N2CCC(C)(C)CC2)cn1. The summed E-state index contributed by atoms with van der Waals surface area (Å²) in [5, 5.41) is 18.0. The number of nitrogens with zero attached hydrogens (tertiary/aromatic N) is 3. The van der Waals surface area contributed by atoms with E-state index in [0.29, 0.717) is 17.9 Å². The van der Waals surface area contributed by atoms with Crippen LogP contribution in [0.2, 0.25) is 0 Å². The maximum absolute atomic E-state index is 11.5. The number of carbonyl (C=O) groups is 1. The zero-order chi connectivity index (χ0) is 24.8. The van der Waals surface area contributed by atoms with E-state index in [4.69, 9.17) is 9.84 Å². The van der Waals surface area contributed by atoms with Crippen molar-refractivity contribution in [3.05, 3.63) is 35.8 Å². The molecule has 1 saturated heterocycles. The Kier molecular flexibility index (Phi) is 8.83. The van der Waals surface area contributed by atoms with E-state index >= 15 is 0 Å². The van der Waals surface area contributed by atoms with Crippen molar-refractivity contribution < 1.29 is 19.7 Å². The molecule has 0 bridgehead atoms. The second-order valence-corrected chi connectivity index (χ2v) is 10.3. The number of ether oxygens (including phenoxy) is 1. The Labute approximate surface area is 197 Å². The number of hydrogen-bond donors (Lipinski definition) is 2. The summed E-state index contributed by atoms with van der Waals surface area (Å²) in [6.07, 6.45) is 5.72. The molecule has 3 heterocycles. The van der Waals surface area contributed by atoms with Gasteiger partial charge in [-0.25, -0.2) is 4.98 Å². The fourth-order valence-corrected chi connectivity index (χ4v) is 3.68. The standard InChI is InChI=1S/C22H29N3O3.C4H10O/c1-5-28-19-7-6-16(13-24-19)18-14-23-15(2)17(12-20(26)27)21(18)25-10-8-22(3,4)9-11-25;1-4(2,3)5/h6-7,13-14H,5,8-12H2,1-4H3,(H,26,27);5H,1-3H3. The van der Waals surface area contributed by atoms with Gasteiger partial charge in [-0.1, -0.05) is 13.8 Å². The number of rotatable bonds is 6. The predicted molar refractivity (Wildman–Crippen MR) is 132 cm³/mol. The molecule has 1 aliphatic heterocycles. The van der Waals surface area contributed by atoms with Gasteiger partial charge in [0.15, 0.2) is 0 Å². The third-order valence-electron chi connectivity index (χ3n) is 5.47. The molecule has 7 heteroatoms. The van der Waals surface area contributed by atoms with Crippen molar-refractivity contribution in [3.8, 4) is 17.0 Å².